The molecule has 140 valence electrons. The van der Waals surface area contributed by atoms with E-state index in [0.717, 1.165) is 35.9 Å². The van der Waals surface area contributed by atoms with Gasteiger partial charge in [-0.2, -0.15) is 11.8 Å². The van der Waals surface area contributed by atoms with Crippen LogP contribution >= 0.6 is 11.8 Å². The van der Waals surface area contributed by atoms with Gasteiger partial charge in [0, 0.05) is 36.2 Å². The lowest BCUT2D eigenvalue weighted by Crippen LogP contribution is -2.38. The van der Waals surface area contributed by atoms with Gasteiger partial charge in [0.15, 0.2) is 5.82 Å². The molecular formula is C20H24N6S. The highest BCUT2D eigenvalue weighted by atomic mass is 32.2. The average molecular weight is 381 g/mol. The molecule has 6 nitrogen and oxygen atoms in total. The number of rotatable bonds is 4. The molecule has 0 spiro atoms. The van der Waals surface area contributed by atoms with Crippen LogP contribution < -0.4 is 0 Å². The number of hydrogen-bond acceptors (Lipinski definition) is 6. The number of fused-ring (bicyclic) bond motifs is 1. The van der Waals surface area contributed by atoms with E-state index in [1.165, 1.54) is 36.6 Å². The Hall–Kier alpha value is -1.99. The second kappa shape index (κ2) is 7.56. The number of benzene rings is 1. The highest BCUT2D eigenvalue weighted by Crippen LogP contribution is 2.35. The van der Waals surface area contributed by atoms with Crippen molar-refractivity contribution in [3.8, 4) is 0 Å². The van der Waals surface area contributed by atoms with Crippen LogP contribution in [0.15, 0.2) is 36.5 Å². The molecule has 1 saturated heterocycles. The smallest absolute Gasteiger partial charge is 0.173 e. The van der Waals surface area contributed by atoms with Crippen LogP contribution in [-0.2, 0) is 0 Å². The summed E-state index contributed by atoms with van der Waals surface area (Å²) in [5, 5.41) is 14.2. The van der Waals surface area contributed by atoms with Crippen molar-refractivity contribution in [2.45, 2.75) is 37.8 Å². The van der Waals surface area contributed by atoms with Crippen molar-refractivity contribution in [2.75, 3.05) is 24.6 Å². The first kappa shape index (κ1) is 17.1. The third-order valence-corrected chi connectivity index (χ3v) is 6.73. The average Bonchev–Trinajstić information content (AvgIpc) is 3.41. The van der Waals surface area contributed by atoms with Crippen molar-refractivity contribution < 1.29 is 0 Å². The van der Waals surface area contributed by atoms with E-state index < -0.39 is 0 Å². The molecule has 2 aliphatic rings. The van der Waals surface area contributed by atoms with Crippen LogP contribution in [0.2, 0.25) is 0 Å². The third-order valence-electron chi connectivity index (χ3n) is 5.79. The largest absolute Gasteiger partial charge is 0.288 e. The molecule has 1 aliphatic heterocycles. The zero-order chi connectivity index (χ0) is 18.1. The van der Waals surface area contributed by atoms with Crippen LogP contribution in [0, 0.1) is 0 Å². The predicted octanol–water partition coefficient (Wildman–Crippen LogP) is 3.47. The van der Waals surface area contributed by atoms with Crippen molar-refractivity contribution in [2.24, 2.45) is 0 Å². The summed E-state index contributed by atoms with van der Waals surface area (Å²) in [6.45, 7) is 2.13. The molecule has 0 radical (unpaired) electrons. The molecular weight excluding hydrogens is 356 g/mol. The van der Waals surface area contributed by atoms with E-state index in [-0.39, 0.29) is 6.04 Å². The minimum Gasteiger partial charge on any atom is -0.288 e. The molecule has 3 heterocycles. The Morgan fingerprint density at radius 2 is 1.93 bits per heavy atom. The van der Waals surface area contributed by atoms with Gasteiger partial charge in [0.25, 0.3) is 0 Å². The normalized spacial score (nSPS) is 20.3. The molecule has 27 heavy (non-hydrogen) atoms. The standard InChI is InChI=1S/C20H24N6S/c1-2-6-17(5-1)26-20(22-23-24-26)19(25-10-12-27-13-11-25)16-7-8-18-15(14-16)4-3-9-21-18/h3-4,7-9,14,17,19H,1-2,5-6,10-13H2/t19-/m0/s1. The Bertz CT molecular complexity index is 913. The van der Waals surface area contributed by atoms with Crippen LogP contribution in [0.3, 0.4) is 0 Å². The van der Waals surface area contributed by atoms with Crippen molar-refractivity contribution in [3.63, 3.8) is 0 Å². The SMILES string of the molecule is c1cnc2ccc([C@@H](c3nnnn3C3CCCC3)N3CCSCC3)cc2c1. The third kappa shape index (κ3) is 3.34. The van der Waals surface area contributed by atoms with E-state index >= 15 is 0 Å². The van der Waals surface area contributed by atoms with E-state index in [1.54, 1.807) is 0 Å². The molecule has 7 heteroatoms. The Labute approximate surface area is 163 Å². The zero-order valence-corrected chi connectivity index (χ0v) is 16.2. The summed E-state index contributed by atoms with van der Waals surface area (Å²) in [6.07, 6.45) is 6.76. The van der Waals surface area contributed by atoms with Gasteiger partial charge in [-0.15, -0.1) is 5.10 Å². The Morgan fingerprint density at radius 1 is 1.07 bits per heavy atom. The van der Waals surface area contributed by atoms with Crippen LogP contribution in [-0.4, -0.2) is 54.7 Å². The molecule has 1 saturated carbocycles. The number of pyridine rings is 1. The molecule has 1 atom stereocenters. The topological polar surface area (TPSA) is 59.7 Å². The Kier molecular flexibility index (Phi) is 4.80. The van der Waals surface area contributed by atoms with Gasteiger partial charge in [0.2, 0.25) is 0 Å². The highest BCUT2D eigenvalue weighted by Gasteiger charge is 2.32. The number of aromatic nitrogens is 5. The minimum absolute atomic E-state index is 0.103. The first-order valence-electron chi connectivity index (χ1n) is 9.84. The van der Waals surface area contributed by atoms with E-state index in [2.05, 4.69) is 54.4 Å². The Balaban J connectivity index is 1.59. The minimum atomic E-state index is 0.103. The lowest BCUT2D eigenvalue weighted by Gasteiger charge is -2.34. The van der Waals surface area contributed by atoms with E-state index in [9.17, 15) is 0 Å². The number of thioether (sulfide) groups is 1. The molecule has 1 aromatic carbocycles. The van der Waals surface area contributed by atoms with Crippen LogP contribution in [0.5, 0.6) is 0 Å². The van der Waals surface area contributed by atoms with Gasteiger partial charge < -0.3 is 0 Å². The lowest BCUT2D eigenvalue weighted by molar-refractivity contribution is 0.230. The molecule has 2 fully saturated rings. The zero-order valence-electron chi connectivity index (χ0n) is 15.4. The fourth-order valence-corrected chi connectivity index (χ4v) is 5.34. The van der Waals surface area contributed by atoms with Gasteiger partial charge in [-0.25, -0.2) is 4.68 Å². The van der Waals surface area contributed by atoms with Crippen molar-refractivity contribution in [1.29, 1.82) is 0 Å². The monoisotopic (exact) mass is 380 g/mol. The van der Waals surface area contributed by atoms with Crippen LogP contribution in [0.1, 0.15) is 49.2 Å². The van der Waals surface area contributed by atoms with Crippen LogP contribution in [0.25, 0.3) is 10.9 Å². The Morgan fingerprint density at radius 3 is 2.78 bits per heavy atom. The fourth-order valence-electron chi connectivity index (χ4n) is 4.41. The summed E-state index contributed by atoms with van der Waals surface area (Å²) in [4.78, 5) is 7.02. The number of tetrazole rings is 1. The van der Waals surface area contributed by atoms with Gasteiger partial charge in [-0.3, -0.25) is 9.88 Å². The maximum absolute atomic E-state index is 4.53. The molecule has 0 amide bonds. The summed E-state index contributed by atoms with van der Waals surface area (Å²) >= 11 is 2.03. The van der Waals surface area contributed by atoms with Gasteiger partial charge >= 0.3 is 0 Å². The molecule has 0 unspecified atom stereocenters. The van der Waals surface area contributed by atoms with Gasteiger partial charge in [0.05, 0.1) is 17.6 Å². The maximum Gasteiger partial charge on any atom is 0.173 e. The maximum atomic E-state index is 4.53. The first-order valence-corrected chi connectivity index (χ1v) is 11.0. The second-order valence-corrected chi connectivity index (χ2v) is 8.65. The molecule has 2 aromatic heterocycles. The molecule has 5 rings (SSSR count). The predicted molar refractivity (Wildman–Crippen MR) is 108 cm³/mol. The molecule has 3 aromatic rings. The molecule has 1 aliphatic carbocycles. The summed E-state index contributed by atoms with van der Waals surface area (Å²) in [7, 11) is 0. The molecule has 0 bridgehead atoms. The van der Waals surface area contributed by atoms with Crippen LogP contribution in [0.4, 0.5) is 0 Å². The quantitative estimate of drug-likeness (QED) is 0.691. The summed E-state index contributed by atoms with van der Waals surface area (Å²) in [5.74, 6) is 3.32. The van der Waals surface area contributed by atoms with E-state index in [1.807, 2.05) is 24.0 Å². The lowest BCUT2D eigenvalue weighted by atomic mass is 10.0. The van der Waals surface area contributed by atoms with Gasteiger partial charge in [-0.1, -0.05) is 25.0 Å². The summed E-state index contributed by atoms with van der Waals surface area (Å²) < 4.78 is 2.12. The van der Waals surface area contributed by atoms with Crippen molar-refractivity contribution in [1.82, 2.24) is 30.1 Å². The van der Waals surface area contributed by atoms with Crippen molar-refractivity contribution >= 4 is 22.7 Å². The number of nitrogens with zero attached hydrogens (tertiary/aromatic N) is 6. The van der Waals surface area contributed by atoms with Gasteiger partial charge in [0.1, 0.15) is 0 Å². The number of hydrogen-bond donors (Lipinski definition) is 0. The highest BCUT2D eigenvalue weighted by molar-refractivity contribution is 7.99. The van der Waals surface area contributed by atoms with E-state index in [0.29, 0.717) is 6.04 Å². The second-order valence-electron chi connectivity index (χ2n) is 7.43. The fraction of sp³-hybridized carbons (Fsp3) is 0.500. The summed E-state index contributed by atoms with van der Waals surface area (Å²) in [5.41, 5.74) is 2.29. The first-order chi connectivity index (χ1) is 13.4. The molecule has 0 N–H and O–H groups in total. The summed E-state index contributed by atoms with van der Waals surface area (Å²) in [6, 6.07) is 11.3. The van der Waals surface area contributed by atoms with Crippen molar-refractivity contribution in [3.05, 3.63) is 47.9 Å². The van der Waals surface area contributed by atoms with E-state index in [4.69, 9.17) is 0 Å². The van der Waals surface area contributed by atoms with Gasteiger partial charge in [-0.05, 0) is 47.0 Å².